The first-order valence-corrected chi connectivity index (χ1v) is 21.7. The zero-order valence-electron chi connectivity index (χ0n) is 35.5. The number of nitrogen functional groups attached to an aromatic ring is 1. The third kappa shape index (κ3) is 14.6. The lowest BCUT2D eigenvalue weighted by molar-refractivity contribution is 0.0696. The molecule has 4 rings (SSSR count). The largest absolute Gasteiger partial charge is 0.492 e. The smallest absolute Gasteiger partial charge is 0.335 e. The molecule has 0 aliphatic carbocycles. The van der Waals surface area contributed by atoms with Crippen LogP contribution in [0, 0.1) is 38.5 Å². The van der Waals surface area contributed by atoms with Gasteiger partial charge in [-0.05, 0) is 95.5 Å². The van der Waals surface area contributed by atoms with E-state index in [1.54, 1.807) is 54.6 Å². The molecular weight excluding hydrogens is 793 g/mol. The number of benzene rings is 4. The Morgan fingerprint density at radius 3 is 1.44 bits per heavy atom. The molecule has 0 fully saturated rings. The number of anilines is 4. The van der Waals surface area contributed by atoms with Gasteiger partial charge in [-0.3, -0.25) is 14.2 Å². The molecule has 1 amide bonds. The quantitative estimate of drug-likeness (QED) is 0.0828. The molecule has 0 spiro atoms. The molecule has 6 N–H and O–H groups in total. The fraction of sp³-hybridized carbons (Fsp3) is 0.318. The lowest BCUT2D eigenvalue weighted by Gasteiger charge is -2.24. The fourth-order valence-electron chi connectivity index (χ4n) is 5.26. The summed E-state index contributed by atoms with van der Waals surface area (Å²) in [5, 5.41) is 11.4. The standard InChI is InChI=1S/C22H26N2O4S.C12H20N2O3S.C10H8O2/c1-8-15-11-16(10-9-14(15)2)21(25)23-18-12-17(22(3,4)5)13-19(20(18)28-6)24-29(7,26)27;1-12(2,3)8-6-9(13)11(17-4)10(7-8)14-18(5,15)16;1-3-8-6-9(10(11)12)5-4-7(8)2/h1,9-13,24H,2-7H3,(H,23,25);6-7,14H,13H2,1-5H3;1,4-6H,2H3,(H,11,12). The molecule has 4 aromatic rings. The van der Waals surface area contributed by atoms with Crippen molar-refractivity contribution >= 4 is 54.7 Å². The van der Waals surface area contributed by atoms with E-state index in [9.17, 15) is 26.4 Å². The second-order valence-corrected chi connectivity index (χ2v) is 19.1. The van der Waals surface area contributed by atoms with Crippen LogP contribution in [-0.4, -0.2) is 60.5 Å². The van der Waals surface area contributed by atoms with Crippen molar-refractivity contribution in [3.63, 3.8) is 0 Å². The first-order valence-electron chi connectivity index (χ1n) is 17.9. The van der Waals surface area contributed by atoms with Gasteiger partial charge >= 0.3 is 5.97 Å². The summed E-state index contributed by atoms with van der Waals surface area (Å²) in [6.45, 7) is 15.8. The molecule has 0 saturated carbocycles. The van der Waals surface area contributed by atoms with Crippen molar-refractivity contribution in [2.45, 2.75) is 66.2 Å². The van der Waals surface area contributed by atoms with Gasteiger partial charge in [0.2, 0.25) is 20.0 Å². The Bertz CT molecular complexity index is 2520. The van der Waals surface area contributed by atoms with Crippen LogP contribution in [0.2, 0.25) is 0 Å². The number of nitrogens with two attached hydrogens (primary N) is 1. The van der Waals surface area contributed by atoms with Gasteiger partial charge in [-0.15, -0.1) is 12.8 Å². The van der Waals surface area contributed by atoms with Crippen LogP contribution in [0.25, 0.3) is 0 Å². The molecule has 0 aromatic heterocycles. The lowest BCUT2D eigenvalue weighted by atomic mass is 9.86. The highest BCUT2D eigenvalue weighted by Gasteiger charge is 2.23. The average molecular weight is 847 g/mol. The molecule has 15 heteroatoms. The molecule has 4 aromatic carbocycles. The molecule has 59 heavy (non-hydrogen) atoms. The monoisotopic (exact) mass is 846 g/mol. The van der Waals surface area contributed by atoms with Gasteiger partial charge in [0.15, 0.2) is 11.5 Å². The summed E-state index contributed by atoms with van der Waals surface area (Å²) in [4.78, 5) is 23.4. The van der Waals surface area contributed by atoms with Crippen LogP contribution in [0.5, 0.6) is 11.5 Å². The van der Waals surface area contributed by atoms with Gasteiger partial charge in [-0.25, -0.2) is 21.6 Å². The third-order valence-electron chi connectivity index (χ3n) is 8.48. The number of ether oxygens (including phenoxy) is 2. The molecule has 0 aliphatic heterocycles. The van der Waals surface area contributed by atoms with Crippen molar-refractivity contribution in [1.29, 1.82) is 0 Å². The molecule has 0 unspecified atom stereocenters. The Morgan fingerprint density at radius 1 is 0.661 bits per heavy atom. The summed E-state index contributed by atoms with van der Waals surface area (Å²) >= 11 is 0. The van der Waals surface area contributed by atoms with E-state index < -0.39 is 26.0 Å². The molecule has 0 aliphatic rings. The van der Waals surface area contributed by atoms with E-state index in [1.807, 2.05) is 55.4 Å². The third-order valence-corrected chi connectivity index (χ3v) is 9.66. The summed E-state index contributed by atoms with van der Waals surface area (Å²) in [5.41, 5.74) is 12.3. The van der Waals surface area contributed by atoms with Crippen molar-refractivity contribution in [2.75, 3.05) is 47.2 Å². The Hall–Kier alpha value is -6.16. The first-order chi connectivity index (χ1) is 27.0. The summed E-state index contributed by atoms with van der Waals surface area (Å²) in [7, 11) is -4.05. The second-order valence-electron chi connectivity index (χ2n) is 15.6. The van der Waals surface area contributed by atoms with Gasteiger partial charge in [0.05, 0.1) is 55.0 Å². The number of carbonyl (C=O) groups excluding carboxylic acids is 1. The number of amides is 1. The van der Waals surface area contributed by atoms with Gasteiger partial charge in [0.1, 0.15) is 0 Å². The Kier molecular flexibility index (Phi) is 16.2. The van der Waals surface area contributed by atoms with E-state index >= 15 is 0 Å². The molecule has 0 radical (unpaired) electrons. The zero-order valence-corrected chi connectivity index (χ0v) is 37.2. The maximum atomic E-state index is 12.8. The average Bonchev–Trinajstić information content (AvgIpc) is 3.10. The summed E-state index contributed by atoms with van der Waals surface area (Å²) in [6.07, 6.45) is 12.8. The summed E-state index contributed by atoms with van der Waals surface area (Å²) in [5.74, 6) is 4.22. The van der Waals surface area contributed by atoms with Gasteiger partial charge in [-0.2, -0.15) is 0 Å². The van der Waals surface area contributed by atoms with Crippen LogP contribution >= 0.6 is 0 Å². The van der Waals surface area contributed by atoms with Crippen LogP contribution in [-0.2, 0) is 30.9 Å². The highest BCUT2D eigenvalue weighted by Crippen LogP contribution is 2.40. The van der Waals surface area contributed by atoms with Crippen LogP contribution in [0.4, 0.5) is 22.7 Å². The number of aromatic carboxylic acids is 1. The predicted molar refractivity (Wildman–Crippen MR) is 238 cm³/mol. The van der Waals surface area contributed by atoms with Crippen LogP contribution < -0.4 is 30.0 Å². The van der Waals surface area contributed by atoms with Gasteiger partial charge in [-0.1, -0.05) is 65.5 Å². The zero-order chi connectivity index (χ0) is 45.3. The molecule has 13 nitrogen and oxygen atoms in total. The van der Waals surface area contributed by atoms with E-state index in [4.69, 9.17) is 33.2 Å². The number of hydrogen-bond acceptors (Lipinski definition) is 9. The number of sulfonamides is 2. The maximum Gasteiger partial charge on any atom is 0.335 e. The summed E-state index contributed by atoms with van der Waals surface area (Å²) in [6, 6.07) is 16.9. The van der Waals surface area contributed by atoms with E-state index in [0.29, 0.717) is 39.5 Å². The minimum atomic E-state index is -3.55. The molecule has 0 bridgehead atoms. The van der Waals surface area contributed by atoms with Crippen molar-refractivity contribution < 1.29 is 41.0 Å². The van der Waals surface area contributed by atoms with Crippen molar-refractivity contribution in [3.8, 4) is 36.2 Å². The minimum Gasteiger partial charge on any atom is -0.492 e. The number of methoxy groups -OCH3 is 2. The number of carboxylic acids is 1. The Balaban J connectivity index is 0.000000339. The van der Waals surface area contributed by atoms with Gasteiger partial charge in [0, 0.05) is 16.7 Å². The maximum absolute atomic E-state index is 12.8. The highest BCUT2D eigenvalue weighted by molar-refractivity contribution is 7.92. The lowest BCUT2D eigenvalue weighted by Crippen LogP contribution is -2.18. The molecular formula is C44H54N4O9S2. The highest BCUT2D eigenvalue weighted by atomic mass is 32.2. The fourth-order valence-corrected chi connectivity index (χ4v) is 6.36. The number of carboxylic acid groups (broad SMARTS) is 1. The van der Waals surface area contributed by atoms with Crippen LogP contribution in [0.15, 0.2) is 60.7 Å². The molecule has 0 atom stereocenters. The van der Waals surface area contributed by atoms with Crippen molar-refractivity contribution in [2.24, 2.45) is 0 Å². The molecule has 0 saturated heterocycles. The minimum absolute atomic E-state index is 0.131. The first kappa shape index (κ1) is 49.0. The van der Waals surface area contributed by atoms with E-state index in [2.05, 4.69) is 26.6 Å². The SMILES string of the molecule is C#Cc1cc(C(=O)Nc2cc(C(C)(C)C)cc(NS(C)(=O)=O)c2OC)ccc1C.C#Cc1cc(C(=O)O)ccc1C.COc1c(N)cc(C(C)(C)C)cc1NS(C)(=O)=O. The van der Waals surface area contributed by atoms with Gasteiger partial charge < -0.3 is 25.6 Å². The normalized spacial score (nSPS) is 11.2. The van der Waals surface area contributed by atoms with Crippen LogP contribution in [0.1, 0.15) is 95.6 Å². The summed E-state index contributed by atoms with van der Waals surface area (Å²) < 4.78 is 61.7. The van der Waals surface area contributed by atoms with E-state index in [1.165, 1.54) is 20.3 Å². The van der Waals surface area contributed by atoms with E-state index in [0.717, 1.165) is 34.8 Å². The van der Waals surface area contributed by atoms with Gasteiger partial charge in [0.25, 0.3) is 5.91 Å². The number of rotatable bonds is 9. The second kappa shape index (κ2) is 19.5. The number of nitrogens with one attached hydrogen (secondary N) is 3. The number of carbonyl (C=O) groups is 2. The van der Waals surface area contributed by atoms with Crippen molar-refractivity contribution in [3.05, 3.63) is 105 Å². The predicted octanol–water partition coefficient (Wildman–Crippen LogP) is 7.53. The molecule has 316 valence electrons. The Labute approximate surface area is 349 Å². The number of aryl methyl sites for hydroxylation is 2. The number of hydrogen-bond donors (Lipinski definition) is 5. The topological polar surface area (TPSA) is 203 Å². The Morgan fingerprint density at radius 2 is 1.05 bits per heavy atom. The van der Waals surface area contributed by atoms with Crippen molar-refractivity contribution in [1.82, 2.24) is 0 Å². The van der Waals surface area contributed by atoms with E-state index in [-0.39, 0.29) is 33.7 Å². The number of terminal acetylenes is 2. The van der Waals surface area contributed by atoms with Crippen LogP contribution in [0.3, 0.4) is 0 Å². The molecule has 0 heterocycles.